The third kappa shape index (κ3) is 8.68. The summed E-state index contributed by atoms with van der Waals surface area (Å²) in [6.45, 7) is 3.85. The lowest BCUT2D eigenvalue weighted by molar-refractivity contribution is 0.0625. The van der Waals surface area contributed by atoms with Crippen molar-refractivity contribution in [3.8, 4) is 0 Å². The number of anilines is 1. The van der Waals surface area contributed by atoms with Gasteiger partial charge in [-0.05, 0) is 55.7 Å². The van der Waals surface area contributed by atoms with E-state index in [2.05, 4.69) is 65.5 Å². The molecule has 1 aliphatic heterocycles. The monoisotopic (exact) mass is 488 g/mol. The van der Waals surface area contributed by atoms with Crippen LogP contribution in [0.2, 0.25) is 0 Å². The number of halogens is 1. The number of guanidine groups is 1. The molecule has 0 spiro atoms. The largest absolute Gasteiger partial charge is 0.381 e. The molecular weight excluding hydrogens is 451 g/mol. The highest BCUT2D eigenvalue weighted by molar-refractivity contribution is 14.0. The fourth-order valence-electron chi connectivity index (χ4n) is 3.36. The van der Waals surface area contributed by atoms with Crippen LogP contribution in [0.15, 0.2) is 29.3 Å². The van der Waals surface area contributed by atoms with Crippen molar-refractivity contribution in [3.05, 3.63) is 29.8 Å². The van der Waals surface area contributed by atoms with Gasteiger partial charge in [0, 0.05) is 60.2 Å². The van der Waals surface area contributed by atoms with Gasteiger partial charge in [-0.1, -0.05) is 12.1 Å². The molecule has 1 saturated heterocycles. The number of aryl methyl sites for hydroxylation is 1. The quantitative estimate of drug-likeness (QED) is 0.263. The maximum Gasteiger partial charge on any atom is 0.193 e. The van der Waals surface area contributed by atoms with Gasteiger partial charge in [-0.25, -0.2) is 0 Å². The number of rotatable bonds is 8. The predicted molar refractivity (Wildman–Crippen MR) is 127 cm³/mol. The van der Waals surface area contributed by atoms with Crippen molar-refractivity contribution >= 4 is 35.6 Å². The first kappa shape index (κ1) is 24.0. The Morgan fingerprint density at radius 1 is 1.15 bits per heavy atom. The molecule has 0 bridgehead atoms. The third-order valence-electron chi connectivity index (χ3n) is 5.17. The Balaban J connectivity index is 0.00000364. The summed E-state index contributed by atoms with van der Waals surface area (Å²) < 4.78 is 5.44. The molecule has 154 valence electrons. The van der Waals surface area contributed by atoms with Crippen molar-refractivity contribution in [1.29, 1.82) is 0 Å². The molecule has 0 atom stereocenters. The highest BCUT2D eigenvalue weighted by atomic mass is 127. The Kier molecular flexibility index (Phi) is 11.7. The minimum Gasteiger partial charge on any atom is -0.381 e. The van der Waals surface area contributed by atoms with E-state index in [9.17, 15) is 0 Å². The third-order valence-corrected chi connectivity index (χ3v) is 5.17. The van der Waals surface area contributed by atoms with Gasteiger partial charge < -0.3 is 19.9 Å². The zero-order chi connectivity index (χ0) is 18.8. The first-order chi connectivity index (χ1) is 12.6. The summed E-state index contributed by atoms with van der Waals surface area (Å²) in [6.07, 6.45) is 5.81. The lowest BCUT2D eigenvalue weighted by Gasteiger charge is -2.26. The molecule has 1 heterocycles. The molecule has 6 heteroatoms. The van der Waals surface area contributed by atoms with Crippen molar-refractivity contribution in [2.75, 3.05) is 59.4 Å². The van der Waals surface area contributed by atoms with E-state index >= 15 is 0 Å². The second-order valence-corrected chi connectivity index (χ2v) is 7.40. The van der Waals surface area contributed by atoms with Gasteiger partial charge in [0.15, 0.2) is 5.96 Å². The summed E-state index contributed by atoms with van der Waals surface area (Å²) in [5.74, 6) is 1.80. The molecule has 1 aromatic rings. The minimum absolute atomic E-state index is 0. The van der Waals surface area contributed by atoms with Gasteiger partial charge in [-0.15, -0.1) is 24.0 Å². The van der Waals surface area contributed by atoms with Crippen LogP contribution >= 0.6 is 24.0 Å². The molecular formula is C21H37IN4O. The van der Waals surface area contributed by atoms with Gasteiger partial charge in [0.25, 0.3) is 0 Å². The normalized spacial score (nSPS) is 15.2. The first-order valence-corrected chi connectivity index (χ1v) is 9.86. The average molecular weight is 488 g/mol. The number of hydrogen-bond donors (Lipinski definition) is 1. The molecule has 27 heavy (non-hydrogen) atoms. The van der Waals surface area contributed by atoms with Gasteiger partial charge in [0.2, 0.25) is 0 Å². The molecule has 5 nitrogen and oxygen atoms in total. The van der Waals surface area contributed by atoms with E-state index in [-0.39, 0.29) is 24.0 Å². The number of ether oxygens (including phenoxy) is 1. The smallest absolute Gasteiger partial charge is 0.193 e. The summed E-state index contributed by atoms with van der Waals surface area (Å²) in [4.78, 5) is 8.81. The molecule has 1 aliphatic rings. The van der Waals surface area contributed by atoms with Crippen LogP contribution in [0.1, 0.15) is 31.2 Å². The maximum atomic E-state index is 5.44. The van der Waals surface area contributed by atoms with Crippen LogP contribution < -0.4 is 10.2 Å². The Labute approximate surface area is 182 Å². The van der Waals surface area contributed by atoms with Crippen molar-refractivity contribution in [2.45, 2.75) is 32.1 Å². The van der Waals surface area contributed by atoms with E-state index in [4.69, 9.17) is 4.74 Å². The van der Waals surface area contributed by atoms with Crippen molar-refractivity contribution in [3.63, 3.8) is 0 Å². The van der Waals surface area contributed by atoms with Crippen LogP contribution in [-0.2, 0) is 11.2 Å². The van der Waals surface area contributed by atoms with Gasteiger partial charge in [0.05, 0.1) is 0 Å². The average Bonchev–Trinajstić information content (AvgIpc) is 2.67. The van der Waals surface area contributed by atoms with Crippen LogP contribution in [0.3, 0.4) is 0 Å². The van der Waals surface area contributed by atoms with Crippen LogP contribution in [0.25, 0.3) is 0 Å². The van der Waals surface area contributed by atoms with E-state index < -0.39 is 0 Å². The number of nitrogens with one attached hydrogen (secondary N) is 1. The Hall–Kier alpha value is -1.02. The van der Waals surface area contributed by atoms with Gasteiger partial charge in [0.1, 0.15) is 0 Å². The van der Waals surface area contributed by atoms with Crippen LogP contribution in [0.5, 0.6) is 0 Å². The fraction of sp³-hybridized carbons (Fsp3) is 0.667. The summed E-state index contributed by atoms with van der Waals surface area (Å²) >= 11 is 0. The zero-order valence-corrected chi connectivity index (χ0v) is 19.7. The van der Waals surface area contributed by atoms with Gasteiger partial charge in [-0.2, -0.15) is 0 Å². The van der Waals surface area contributed by atoms with E-state index in [1.165, 1.54) is 30.5 Å². The SMILES string of the molecule is CN=C(NCCCc1ccc(N(C)C)cc1)N(C)CCC1CCOCC1.I. The van der Waals surface area contributed by atoms with Gasteiger partial charge in [-0.3, -0.25) is 4.99 Å². The van der Waals surface area contributed by atoms with Gasteiger partial charge >= 0.3 is 0 Å². The summed E-state index contributed by atoms with van der Waals surface area (Å²) in [5.41, 5.74) is 2.64. The van der Waals surface area contributed by atoms with E-state index in [1.807, 2.05) is 7.05 Å². The molecule has 0 unspecified atom stereocenters. The predicted octanol–water partition coefficient (Wildman–Crippen LogP) is 3.63. The van der Waals surface area contributed by atoms with Crippen molar-refractivity contribution in [1.82, 2.24) is 10.2 Å². The number of benzene rings is 1. The Morgan fingerprint density at radius 3 is 2.41 bits per heavy atom. The molecule has 1 aromatic carbocycles. The highest BCUT2D eigenvalue weighted by Crippen LogP contribution is 2.18. The summed E-state index contributed by atoms with van der Waals surface area (Å²) in [6, 6.07) is 8.83. The van der Waals surface area contributed by atoms with E-state index in [0.717, 1.165) is 51.0 Å². The Bertz CT molecular complexity index is 542. The number of hydrogen-bond acceptors (Lipinski definition) is 3. The summed E-state index contributed by atoms with van der Waals surface area (Å²) in [7, 11) is 8.15. The molecule has 1 fully saturated rings. The molecule has 0 aromatic heterocycles. The second-order valence-electron chi connectivity index (χ2n) is 7.40. The molecule has 0 aliphatic carbocycles. The number of nitrogens with zero attached hydrogens (tertiary/aromatic N) is 3. The second kappa shape index (κ2) is 13.2. The minimum atomic E-state index is 0. The van der Waals surface area contributed by atoms with E-state index in [0.29, 0.717) is 0 Å². The molecule has 0 radical (unpaired) electrons. The fourth-order valence-corrected chi connectivity index (χ4v) is 3.36. The summed E-state index contributed by atoms with van der Waals surface area (Å²) in [5, 5.41) is 3.50. The molecule has 0 saturated carbocycles. The standard InChI is InChI=1S/C21H36N4O.HI/c1-22-21(25(4)15-11-19-12-16-26-17-13-19)23-14-5-6-18-7-9-20(10-8-18)24(2)3;/h7-10,19H,5-6,11-17H2,1-4H3,(H,22,23);1H. The van der Waals surface area contributed by atoms with E-state index in [1.54, 1.807) is 0 Å². The van der Waals surface area contributed by atoms with Crippen LogP contribution in [0.4, 0.5) is 5.69 Å². The van der Waals surface area contributed by atoms with Crippen LogP contribution in [0, 0.1) is 5.92 Å². The van der Waals surface area contributed by atoms with Crippen LogP contribution in [-0.4, -0.2) is 65.4 Å². The molecule has 2 rings (SSSR count). The first-order valence-electron chi connectivity index (χ1n) is 9.86. The Morgan fingerprint density at radius 2 is 1.81 bits per heavy atom. The molecule has 1 N–H and O–H groups in total. The number of aliphatic imine (C=N–C) groups is 1. The van der Waals surface area contributed by atoms with Crippen molar-refractivity contribution < 1.29 is 4.74 Å². The highest BCUT2D eigenvalue weighted by Gasteiger charge is 2.15. The zero-order valence-electron chi connectivity index (χ0n) is 17.4. The lowest BCUT2D eigenvalue weighted by atomic mass is 9.96. The maximum absolute atomic E-state index is 5.44. The molecule has 0 amide bonds. The lowest BCUT2D eigenvalue weighted by Crippen LogP contribution is -2.40. The topological polar surface area (TPSA) is 40.1 Å². The van der Waals surface area contributed by atoms with Crippen molar-refractivity contribution in [2.24, 2.45) is 10.9 Å².